The second-order valence-corrected chi connectivity index (χ2v) is 8.96. The summed E-state index contributed by atoms with van der Waals surface area (Å²) in [6.07, 6.45) is 7.04. The molecule has 0 aromatic carbocycles. The van der Waals surface area contributed by atoms with Gasteiger partial charge in [0.15, 0.2) is 11.5 Å². The molecule has 0 unspecified atom stereocenters. The first-order chi connectivity index (χ1) is 12.1. The molecule has 0 heterocycles. The fourth-order valence-corrected chi connectivity index (χ4v) is 5.14. The molecule has 0 saturated carbocycles. The standard InChI is InChI=1S/C22H30O4/c1-13-8-9-15-16(7-6-10-21(15,2)3)22(13,4)12-14-19(24)17(23)11-18(26-5)20(14)25/h11,13,24H,6-10,12H2,1-5H3/t13-,22+/m0/s1. The van der Waals surface area contributed by atoms with E-state index < -0.39 is 11.5 Å². The van der Waals surface area contributed by atoms with Crippen molar-refractivity contribution in [2.24, 2.45) is 16.7 Å². The summed E-state index contributed by atoms with van der Waals surface area (Å²) in [6, 6.07) is 0. The monoisotopic (exact) mass is 358 g/mol. The molecule has 2 atom stereocenters. The summed E-state index contributed by atoms with van der Waals surface area (Å²) < 4.78 is 5.07. The Morgan fingerprint density at radius 2 is 1.88 bits per heavy atom. The molecule has 0 fully saturated rings. The second kappa shape index (κ2) is 6.40. The highest BCUT2D eigenvalue weighted by molar-refractivity contribution is 6.20. The first-order valence-electron chi connectivity index (χ1n) is 9.61. The lowest BCUT2D eigenvalue weighted by atomic mass is 9.55. The van der Waals surface area contributed by atoms with Crippen LogP contribution in [-0.2, 0) is 14.3 Å². The number of hydrogen-bond acceptors (Lipinski definition) is 4. The fourth-order valence-electron chi connectivity index (χ4n) is 5.14. The van der Waals surface area contributed by atoms with E-state index in [2.05, 4.69) is 27.7 Å². The Balaban J connectivity index is 2.06. The van der Waals surface area contributed by atoms with Gasteiger partial charge in [0.2, 0.25) is 11.6 Å². The summed E-state index contributed by atoms with van der Waals surface area (Å²) in [5.41, 5.74) is 3.15. The van der Waals surface area contributed by atoms with Gasteiger partial charge in [0.1, 0.15) is 0 Å². The minimum absolute atomic E-state index is 0.0213. The van der Waals surface area contributed by atoms with E-state index in [0.717, 1.165) is 31.8 Å². The van der Waals surface area contributed by atoms with Crippen molar-refractivity contribution in [1.29, 1.82) is 0 Å². The van der Waals surface area contributed by atoms with Gasteiger partial charge < -0.3 is 9.84 Å². The van der Waals surface area contributed by atoms with E-state index in [4.69, 9.17) is 4.74 Å². The number of rotatable bonds is 3. The number of hydrogen-bond donors (Lipinski definition) is 1. The van der Waals surface area contributed by atoms with Gasteiger partial charge in [-0.15, -0.1) is 0 Å². The van der Waals surface area contributed by atoms with E-state index in [-0.39, 0.29) is 27.9 Å². The van der Waals surface area contributed by atoms with Crippen molar-refractivity contribution in [3.63, 3.8) is 0 Å². The number of ether oxygens (including phenoxy) is 1. The number of Topliss-reactive ketones (excluding diaryl/α,β-unsaturated/α-hetero) is 1. The van der Waals surface area contributed by atoms with Gasteiger partial charge in [-0.2, -0.15) is 0 Å². The van der Waals surface area contributed by atoms with E-state index in [1.54, 1.807) is 0 Å². The summed E-state index contributed by atoms with van der Waals surface area (Å²) in [6.45, 7) is 9.06. The molecule has 3 aliphatic rings. The largest absolute Gasteiger partial charge is 0.504 e. The van der Waals surface area contributed by atoms with Gasteiger partial charge in [0.25, 0.3) is 0 Å². The van der Waals surface area contributed by atoms with E-state index in [9.17, 15) is 14.7 Å². The highest BCUT2D eigenvalue weighted by atomic mass is 16.5. The lowest BCUT2D eigenvalue weighted by Gasteiger charge is -2.50. The normalized spacial score (nSPS) is 31.7. The highest BCUT2D eigenvalue weighted by Crippen LogP contribution is 2.57. The quantitative estimate of drug-likeness (QED) is 0.581. The maximum atomic E-state index is 12.7. The average molecular weight is 358 g/mol. The predicted molar refractivity (Wildman–Crippen MR) is 101 cm³/mol. The summed E-state index contributed by atoms with van der Waals surface area (Å²) in [5, 5.41) is 10.3. The van der Waals surface area contributed by atoms with Crippen LogP contribution in [-0.4, -0.2) is 23.8 Å². The van der Waals surface area contributed by atoms with Gasteiger partial charge in [0, 0.05) is 6.08 Å². The van der Waals surface area contributed by atoms with Gasteiger partial charge in [-0.1, -0.05) is 38.8 Å². The van der Waals surface area contributed by atoms with Crippen LogP contribution in [0.3, 0.4) is 0 Å². The molecule has 4 heteroatoms. The third-order valence-corrected chi connectivity index (χ3v) is 7.06. The molecule has 1 N–H and O–H groups in total. The zero-order valence-electron chi connectivity index (χ0n) is 16.6. The Labute approximate surface area is 156 Å². The molecule has 0 aromatic heterocycles. The SMILES string of the molecule is COC1=CC(=O)C(O)=C(C[C@@]2(C)C3=C(CC[C@@H]2C)C(C)(C)CCC3)C1=O. The van der Waals surface area contributed by atoms with Crippen molar-refractivity contribution >= 4 is 11.6 Å². The summed E-state index contributed by atoms with van der Waals surface area (Å²) in [4.78, 5) is 24.8. The summed E-state index contributed by atoms with van der Waals surface area (Å²) in [7, 11) is 1.38. The minimum atomic E-state index is -0.540. The highest BCUT2D eigenvalue weighted by Gasteiger charge is 2.46. The summed E-state index contributed by atoms with van der Waals surface area (Å²) in [5.74, 6) is -0.905. The number of allylic oxidation sites excluding steroid dienone is 4. The molecule has 3 rings (SSSR count). The Bertz CT molecular complexity index is 750. The average Bonchev–Trinajstić information content (AvgIpc) is 2.58. The second-order valence-electron chi connectivity index (χ2n) is 8.96. The van der Waals surface area contributed by atoms with Gasteiger partial charge in [-0.3, -0.25) is 9.59 Å². The minimum Gasteiger partial charge on any atom is -0.504 e. The number of ketones is 2. The van der Waals surface area contributed by atoms with E-state index in [0.29, 0.717) is 12.3 Å². The first-order valence-corrected chi connectivity index (χ1v) is 9.61. The molecule has 26 heavy (non-hydrogen) atoms. The maximum Gasteiger partial charge on any atom is 0.227 e. The molecule has 142 valence electrons. The van der Waals surface area contributed by atoms with Gasteiger partial charge in [-0.05, 0) is 55.3 Å². The molecule has 4 nitrogen and oxygen atoms in total. The van der Waals surface area contributed by atoms with Crippen molar-refractivity contribution in [2.45, 2.75) is 66.2 Å². The Morgan fingerprint density at radius 3 is 2.54 bits per heavy atom. The van der Waals surface area contributed by atoms with Gasteiger partial charge >= 0.3 is 0 Å². The zero-order valence-corrected chi connectivity index (χ0v) is 16.6. The van der Waals surface area contributed by atoms with Crippen LogP contribution < -0.4 is 0 Å². The van der Waals surface area contributed by atoms with Crippen molar-refractivity contribution in [3.8, 4) is 0 Å². The lowest BCUT2D eigenvalue weighted by molar-refractivity contribution is -0.120. The van der Waals surface area contributed by atoms with Crippen molar-refractivity contribution in [1.82, 2.24) is 0 Å². The first kappa shape index (κ1) is 18.9. The third kappa shape index (κ3) is 2.83. The molecule has 0 amide bonds. The van der Waals surface area contributed by atoms with Crippen LogP contribution in [0.1, 0.15) is 66.2 Å². The summed E-state index contributed by atoms with van der Waals surface area (Å²) >= 11 is 0. The molecular weight excluding hydrogens is 328 g/mol. The molecule has 0 aliphatic heterocycles. The van der Waals surface area contributed by atoms with Gasteiger partial charge in [-0.25, -0.2) is 0 Å². The van der Waals surface area contributed by atoms with Crippen LogP contribution in [0.4, 0.5) is 0 Å². The fraction of sp³-hybridized carbons (Fsp3) is 0.636. The third-order valence-electron chi connectivity index (χ3n) is 7.06. The van der Waals surface area contributed by atoms with Crippen LogP contribution in [0, 0.1) is 16.7 Å². The predicted octanol–water partition coefficient (Wildman–Crippen LogP) is 4.81. The van der Waals surface area contributed by atoms with E-state index in [1.165, 1.54) is 24.7 Å². The van der Waals surface area contributed by atoms with Gasteiger partial charge in [0.05, 0.1) is 12.7 Å². The van der Waals surface area contributed by atoms with Crippen LogP contribution >= 0.6 is 0 Å². The number of carbonyl (C=O) groups excluding carboxylic acids is 2. The van der Waals surface area contributed by atoms with Crippen LogP contribution in [0.15, 0.2) is 34.3 Å². The number of carbonyl (C=O) groups is 2. The van der Waals surface area contributed by atoms with E-state index in [1.807, 2.05) is 0 Å². The Morgan fingerprint density at radius 1 is 1.19 bits per heavy atom. The topological polar surface area (TPSA) is 63.6 Å². The molecule has 0 bridgehead atoms. The van der Waals surface area contributed by atoms with Crippen LogP contribution in [0.2, 0.25) is 0 Å². The molecule has 0 spiro atoms. The lowest BCUT2D eigenvalue weighted by Crippen LogP contribution is -2.39. The van der Waals surface area contributed by atoms with E-state index >= 15 is 0 Å². The molecule has 0 radical (unpaired) electrons. The van der Waals surface area contributed by atoms with Crippen LogP contribution in [0.5, 0.6) is 0 Å². The molecular formula is C22H30O4. The molecule has 3 aliphatic carbocycles. The number of aliphatic hydroxyl groups is 1. The number of aliphatic hydroxyl groups excluding tert-OH is 1. The van der Waals surface area contributed by atoms with Crippen molar-refractivity contribution in [3.05, 3.63) is 34.3 Å². The molecule has 0 aromatic rings. The zero-order chi connectivity index (χ0) is 19.3. The van der Waals surface area contributed by atoms with Crippen molar-refractivity contribution < 1.29 is 19.4 Å². The smallest absolute Gasteiger partial charge is 0.227 e. The Kier molecular flexibility index (Phi) is 4.66. The molecule has 0 saturated heterocycles. The maximum absolute atomic E-state index is 12.7. The van der Waals surface area contributed by atoms with Crippen molar-refractivity contribution in [2.75, 3.05) is 7.11 Å². The van der Waals surface area contributed by atoms with Crippen LogP contribution in [0.25, 0.3) is 0 Å². The Hall–Kier alpha value is -1.84. The number of methoxy groups -OCH3 is 1.